The van der Waals surface area contributed by atoms with Crippen LogP contribution in [0, 0.1) is 11.3 Å². The number of halogens is 2. The third-order valence-corrected chi connectivity index (χ3v) is 6.27. The van der Waals surface area contributed by atoms with E-state index in [1.807, 2.05) is 6.07 Å². The van der Waals surface area contributed by atoms with Gasteiger partial charge in [0.15, 0.2) is 0 Å². The Kier molecular flexibility index (Phi) is 4.95. The topological polar surface area (TPSA) is 140 Å². The van der Waals surface area contributed by atoms with Gasteiger partial charge < -0.3 is 11.1 Å². The quantitative estimate of drug-likeness (QED) is 0.441. The van der Waals surface area contributed by atoms with Crippen LogP contribution < -0.4 is 11.1 Å². The van der Waals surface area contributed by atoms with E-state index in [9.17, 15) is 8.42 Å². The minimum Gasteiger partial charge on any atom is -0.367 e. The van der Waals surface area contributed by atoms with Crippen LogP contribution in [0.4, 0.5) is 17.6 Å². The van der Waals surface area contributed by atoms with Crippen LogP contribution in [0.25, 0.3) is 10.9 Å². The van der Waals surface area contributed by atoms with Crippen molar-refractivity contribution >= 4 is 61.7 Å². The van der Waals surface area contributed by atoms with Gasteiger partial charge in [-0.2, -0.15) is 18.7 Å². The maximum absolute atomic E-state index is 13.2. The second kappa shape index (κ2) is 7.46. The molecule has 4 aromatic rings. The molecular weight excluding hydrogens is 449 g/mol. The number of aromatic nitrogens is 4. The van der Waals surface area contributed by atoms with Crippen molar-refractivity contribution in [2.45, 2.75) is 4.90 Å². The molecule has 2 aromatic carbocycles. The fourth-order valence-corrected chi connectivity index (χ4v) is 4.51. The van der Waals surface area contributed by atoms with Gasteiger partial charge in [-0.1, -0.05) is 29.3 Å². The lowest BCUT2D eigenvalue weighted by Gasteiger charge is -2.08. The molecule has 0 aliphatic carbocycles. The van der Waals surface area contributed by atoms with Gasteiger partial charge in [0.05, 0.1) is 32.8 Å². The van der Waals surface area contributed by atoms with E-state index in [4.69, 9.17) is 34.2 Å². The van der Waals surface area contributed by atoms with Gasteiger partial charge in [-0.25, -0.2) is 4.98 Å². The summed E-state index contributed by atoms with van der Waals surface area (Å²) in [4.78, 5) is 8.03. The Morgan fingerprint density at radius 3 is 2.63 bits per heavy atom. The van der Waals surface area contributed by atoms with Crippen molar-refractivity contribution in [2.75, 3.05) is 11.1 Å². The van der Waals surface area contributed by atoms with E-state index in [0.717, 1.165) is 0 Å². The standard InChI is InChI=1S/C18H11Cl2N7O2S/c19-12-8-10(9-21)4-6-14(12)24-18-25-17(22)27(26-18)30(28,29)15-3-1-2-13-11(15)5-7-16(20)23-13/h1-8H,(H3,22,24,25,26). The summed E-state index contributed by atoms with van der Waals surface area (Å²) in [5, 5.41) is 16.5. The number of nitrogen functional groups attached to an aromatic ring is 1. The van der Waals surface area contributed by atoms with Crippen LogP contribution in [0.15, 0.2) is 53.4 Å². The van der Waals surface area contributed by atoms with Crippen molar-refractivity contribution in [3.05, 3.63) is 64.3 Å². The predicted octanol–water partition coefficient (Wildman–Crippen LogP) is 3.57. The van der Waals surface area contributed by atoms with Crippen molar-refractivity contribution in [1.82, 2.24) is 19.2 Å². The zero-order valence-electron chi connectivity index (χ0n) is 14.9. The molecule has 9 nitrogen and oxygen atoms in total. The molecular formula is C18H11Cl2N7O2S. The molecule has 0 atom stereocenters. The summed E-state index contributed by atoms with van der Waals surface area (Å²) in [5.74, 6) is -0.426. The van der Waals surface area contributed by atoms with Crippen LogP contribution in [-0.2, 0) is 10.0 Å². The molecule has 0 bridgehead atoms. The molecule has 0 unspecified atom stereocenters. The molecule has 30 heavy (non-hydrogen) atoms. The highest BCUT2D eigenvalue weighted by atomic mass is 35.5. The Morgan fingerprint density at radius 2 is 1.90 bits per heavy atom. The third kappa shape index (κ3) is 3.50. The van der Waals surface area contributed by atoms with Crippen LogP contribution in [0.3, 0.4) is 0 Å². The van der Waals surface area contributed by atoms with Gasteiger partial charge in [0.25, 0.3) is 10.0 Å². The molecule has 0 saturated carbocycles. The lowest BCUT2D eigenvalue weighted by Crippen LogP contribution is -2.17. The zero-order chi connectivity index (χ0) is 21.5. The summed E-state index contributed by atoms with van der Waals surface area (Å²) >= 11 is 12.0. The van der Waals surface area contributed by atoms with Gasteiger partial charge in [-0.15, -0.1) is 9.19 Å². The first-order chi connectivity index (χ1) is 14.3. The number of nitrogens with zero attached hydrogens (tertiary/aromatic N) is 5. The molecule has 12 heteroatoms. The molecule has 0 saturated heterocycles. The number of hydrogen-bond donors (Lipinski definition) is 2. The van der Waals surface area contributed by atoms with Gasteiger partial charge in [0.1, 0.15) is 5.15 Å². The normalized spacial score (nSPS) is 11.4. The second-order valence-electron chi connectivity index (χ2n) is 6.03. The number of benzene rings is 2. The van der Waals surface area contributed by atoms with E-state index in [-0.39, 0.29) is 27.0 Å². The van der Waals surface area contributed by atoms with E-state index in [2.05, 4.69) is 20.4 Å². The number of hydrogen-bond acceptors (Lipinski definition) is 8. The fourth-order valence-electron chi connectivity index (χ4n) is 2.77. The summed E-state index contributed by atoms with van der Waals surface area (Å²) in [6.45, 7) is 0. The summed E-state index contributed by atoms with van der Waals surface area (Å²) in [6, 6.07) is 14.2. The first-order valence-electron chi connectivity index (χ1n) is 8.29. The van der Waals surface area contributed by atoms with Crippen molar-refractivity contribution in [3.8, 4) is 6.07 Å². The Balaban J connectivity index is 1.75. The predicted molar refractivity (Wildman–Crippen MR) is 113 cm³/mol. The van der Waals surface area contributed by atoms with Crippen molar-refractivity contribution in [2.24, 2.45) is 0 Å². The Hall–Kier alpha value is -3.39. The van der Waals surface area contributed by atoms with E-state index >= 15 is 0 Å². The Morgan fingerprint density at radius 1 is 1.10 bits per heavy atom. The smallest absolute Gasteiger partial charge is 0.286 e. The van der Waals surface area contributed by atoms with E-state index in [1.54, 1.807) is 30.3 Å². The number of rotatable bonds is 4. The first-order valence-corrected chi connectivity index (χ1v) is 10.5. The summed E-state index contributed by atoms with van der Waals surface area (Å²) in [7, 11) is -4.18. The van der Waals surface area contributed by atoms with Gasteiger partial charge in [0.2, 0.25) is 11.9 Å². The average molecular weight is 460 g/mol. The fraction of sp³-hybridized carbons (Fsp3) is 0. The lowest BCUT2D eigenvalue weighted by molar-refractivity contribution is 0.582. The van der Waals surface area contributed by atoms with E-state index < -0.39 is 10.0 Å². The highest BCUT2D eigenvalue weighted by Crippen LogP contribution is 2.28. The maximum atomic E-state index is 13.2. The summed E-state index contributed by atoms with van der Waals surface area (Å²) in [5.41, 5.74) is 6.99. The third-order valence-electron chi connectivity index (χ3n) is 4.11. The number of pyridine rings is 1. The number of fused-ring (bicyclic) bond motifs is 1. The molecule has 3 N–H and O–H groups in total. The van der Waals surface area contributed by atoms with Crippen LogP contribution in [0.2, 0.25) is 10.2 Å². The number of nitrogens with one attached hydrogen (secondary N) is 1. The molecule has 0 radical (unpaired) electrons. The number of nitrogens with two attached hydrogens (primary N) is 1. The average Bonchev–Trinajstić information content (AvgIpc) is 3.09. The van der Waals surface area contributed by atoms with Crippen molar-refractivity contribution in [1.29, 1.82) is 5.26 Å². The molecule has 0 aliphatic heterocycles. The Labute approximate surface area is 180 Å². The van der Waals surface area contributed by atoms with Crippen molar-refractivity contribution in [3.63, 3.8) is 0 Å². The van der Waals surface area contributed by atoms with Gasteiger partial charge in [-0.05, 0) is 42.5 Å². The van der Waals surface area contributed by atoms with Gasteiger partial charge in [0, 0.05) is 5.39 Å². The van der Waals surface area contributed by atoms with Gasteiger partial charge >= 0.3 is 0 Å². The SMILES string of the molecule is N#Cc1ccc(Nc2nc(N)n(S(=O)(=O)c3cccc4nc(Cl)ccc34)n2)c(Cl)c1. The second-order valence-corrected chi connectivity index (χ2v) is 8.56. The Bertz CT molecular complexity index is 1440. The molecule has 2 aromatic heterocycles. The maximum Gasteiger partial charge on any atom is 0.286 e. The van der Waals surface area contributed by atoms with Crippen LogP contribution in [0.1, 0.15) is 5.56 Å². The van der Waals surface area contributed by atoms with E-state index in [0.29, 0.717) is 26.2 Å². The summed E-state index contributed by atoms with van der Waals surface area (Å²) in [6.07, 6.45) is 0. The molecule has 150 valence electrons. The van der Waals surface area contributed by atoms with Crippen LogP contribution in [-0.4, -0.2) is 27.6 Å². The van der Waals surface area contributed by atoms with E-state index in [1.165, 1.54) is 18.2 Å². The molecule has 2 heterocycles. The van der Waals surface area contributed by atoms with Crippen molar-refractivity contribution < 1.29 is 8.42 Å². The molecule has 4 rings (SSSR count). The number of anilines is 3. The lowest BCUT2D eigenvalue weighted by atomic mass is 10.2. The molecule has 0 fully saturated rings. The number of nitriles is 1. The summed E-state index contributed by atoms with van der Waals surface area (Å²) < 4.78 is 27.0. The van der Waals surface area contributed by atoms with Crippen LogP contribution >= 0.6 is 23.2 Å². The highest BCUT2D eigenvalue weighted by Gasteiger charge is 2.25. The molecule has 0 aliphatic rings. The minimum absolute atomic E-state index is 0.0521. The largest absolute Gasteiger partial charge is 0.367 e. The molecule has 0 amide bonds. The first kappa shape index (κ1) is 19.9. The minimum atomic E-state index is -4.18. The zero-order valence-corrected chi connectivity index (χ0v) is 17.2. The van der Waals surface area contributed by atoms with Crippen LogP contribution in [0.5, 0.6) is 0 Å². The monoisotopic (exact) mass is 459 g/mol. The van der Waals surface area contributed by atoms with Gasteiger partial charge in [-0.3, -0.25) is 0 Å². The highest BCUT2D eigenvalue weighted by molar-refractivity contribution is 7.90. The molecule has 0 spiro atoms.